The van der Waals surface area contributed by atoms with Crippen molar-refractivity contribution < 1.29 is 18.7 Å². The highest BCUT2D eigenvalue weighted by Crippen LogP contribution is 2.28. The van der Waals surface area contributed by atoms with Crippen molar-refractivity contribution >= 4 is 21.8 Å². The SMILES string of the molecule is COc1ccc(CCC(=O)N[C@@H](c2ccc(F)cc2)[C@@H]2CCCO2)cc1Br. The smallest absolute Gasteiger partial charge is 0.220 e. The molecule has 27 heavy (non-hydrogen) atoms. The molecule has 2 aromatic rings. The highest BCUT2D eigenvalue weighted by molar-refractivity contribution is 9.10. The lowest BCUT2D eigenvalue weighted by molar-refractivity contribution is -0.122. The van der Waals surface area contributed by atoms with E-state index >= 15 is 0 Å². The maximum absolute atomic E-state index is 13.3. The predicted octanol–water partition coefficient (Wildman–Crippen LogP) is 4.57. The van der Waals surface area contributed by atoms with Crippen LogP contribution < -0.4 is 10.1 Å². The van der Waals surface area contributed by atoms with E-state index in [0.29, 0.717) is 19.4 Å². The predicted molar refractivity (Wildman–Crippen MR) is 105 cm³/mol. The van der Waals surface area contributed by atoms with Crippen LogP contribution in [0.4, 0.5) is 4.39 Å². The van der Waals surface area contributed by atoms with Crippen LogP contribution in [0.25, 0.3) is 0 Å². The molecule has 1 aliphatic rings. The van der Waals surface area contributed by atoms with Crippen molar-refractivity contribution in [2.24, 2.45) is 0 Å². The lowest BCUT2D eigenvalue weighted by Crippen LogP contribution is -2.36. The highest BCUT2D eigenvalue weighted by Gasteiger charge is 2.28. The number of rotatable bonds is 7. The Kier molecular flexibility index (Phi) is 6.85. The summed E-state index contributed by atoms with van der Waals surface area (Å²) in [4.78, 5) is 12.6. The number of amides is 1. The zero-order valence-electron chi connectivity index (χ0n) is 15.2. The van der Waals surface area contributed by atoms with E-state index in [2.05, 4.69) is 21.2 Å². The summed E-state index contributed by atoms with van der Waals surface area (Å²) in [5.41, 5.74) is 1.91. The van der Waals surface area contributed by atoms with Crippen molar-refractivity contribution in [2.75, 3.05) is 13.7 Å². The normalized spacial score (nSPS) is 17.5. The number of aryl methyl sites for hydroxylation is 1. The van der Waals surface area contributed by atoms with E-state index in [4.69, 9.17) is 9.47 Å². The number of carbonyl (C=O) groups excluding carboxylic acids is 1. The van der Waals surface area contributed by atoms with Crippen LogP contribution in [0, 0.1) is 5.82 Å². The average molecular weight is 436 g/mol. The topological polar surface area (TPSA) is 47.6 Å². The first-order chi connectivity index (χ1) is 13.1. The van der Waals surface area contributed by atoms with Gasteiger partial charge in [-0.25, -0.2) is 4.39 Å². The Labute approximate surface area is 167 Å². The van der Waals surface area contributed by atoms with Gasteiger partial charge in [0.25, 0.3) is 0 Å². The minimum atomic E-state index is -0.291. The summed E-state index contributed by atoms with van der Waals surface area (Å²) in [6.45, 7) is 0.693. The maximum Gasteiger partial charge on any atom is 0.220 e. The number of hydrogen-bond acceptors (Lipinski definition) is 3. The molecule has 0 aromatic heterocycles. The number of carbonyl (C=O) groups is 1. The summed E-state index contributed by atoms with van der Waals surface area (Å²) in [5.74, 6) is 0.422. The second kappa shape index (κ2) is 9.33. The van der Waals surface area contributed by atoms with Gasteiger partial charge in [0.1, 0.15) is 11.6 Å². The van der Waals surface area contributed by atoms with E-state index in [1.54, 1.807) is 19.2 Å². The number of nitrogens with one attached hydrogen (secondary N) is 1. The summed E-state index contributed by atoms with van der Waals surface area (Å²) in [7, 11) is 1.62. The summed E-state index contributed by atoms with van der Waals surface area (Å²) >= 11 is 3.46. The fourth-order valence-electron chi connectivity index (χ4n) is 3.30. The molecule has 1 heterocycles. The molecule has 3 rings (SSSR count). The second-order valence-corrected chi connectivity index (χ2v) is 7.47. The molecule has 1 fully saturated rings. The maximum atomic E-state index is 13.3. The zero-order chi connectivity index (χ0) is 19.2. The molecule has 6 heteroatoms. The Hall–Kier alpha value is -1.92. The van der Waals surface area contributed by atoms with E-state index in [9.17, 15) is 9.18 Å². The van der Waals surface area contributed by atoms with Crippen molar-refractivity contribution in [1.82, 2.24) is 5.32 Å². The van der Waals surface area contributed by atoms with Gasteiger partial charge in [-0.05, 0) is 70.6 Å². The van der Waals surface area contributed by atoms with Crippen molar-refractivity contribution in [1.29, 1.82) is 0 Å². The molecule has 0 radical (unpaired) electrons. The minimum Gasteiger partial charge on any atom is -0.496 e. The summed E-state index contributed by atoms with van der Waals surface area (Å²) in [6.07, 6.45) is 2.76. The van der Waals surface area contributed by atoms with E-state index in [0.717, 1.165) is 34.2 Å². The molecular formula is C21H23BrFNO3. The van der Waals surface area contributed by atoms with E-state index in [1.807, 2.05) is 18.2 Å². The largest absolute Gasteiger partial charge is 0.496 e. The van der Waals surface area contributed by atoms with Gasteiger partial charge in [0.05, 0.1) is 23.7 Å². The van der Waals surface area contributed by atoms with Crippen LogP contribution in [0.5, 0.6) is 5.75 Å². The molecule has 1 aliphatic heterocycles. The van der Waals surface area contributed by atoms with Crippen molar-refractivity contribution in [3.05, 3.63) is 63.9 Å². The van der Waals surface area contributed by atoms with Crippen LogP contribution >= 0.6 is 15.9 Å². The lowest BCUT2D eigenvalue weighted by Gasteiger charge is -2.25. The van der Waals surface area contributed by atoms with Crippen LogP contribution in [-0.4, -0.2) is 25.7 Å². The third-order valence-corrected chi connectivity index (χ3v) is 5.36. The lowest BCUT2D eigenvalue weighted by atomic mass is 9.98. The Morgan fingerprint density at radius 3 is 2.74 bits per heavy atom. The van der Waals surface area contributed by atoms with Gasteiger partial charge >= 0.3 is 0 Å². The Morgan fingerprint density at radius 1 is 1.33 bits per heavy atom. The summed E-state index contributed by atoms with van der Waals surface area (Å²) < 4.78 is 25.1. The van der Waals surface area contributed by atoms with Gasteiger partial charge in [0.2, 0.25) is 5.91 Å². The fraction of sp³-hybridized carbons (Fsp3) is 0.381. The molecule has 0 bridgehead atoms. The van der Waals surface area contributed by atoms with Gasteiger partial charge in [-0.1, -0.05) is 18.2 Å². The Balaban J connectivity index is 1.63. The van der Waals surface area contributed by atoms with Gasteiger partial charge in [0, 0.05) is 13.0 Å². The molecule has 2 aromatic carbocycles. The number of methoxy groups -OCH3 is 1. The van der Waals surface area contributed by atoms with Crippen molar-refractivity contribution in [3.63, 3.8) is 0 Å². The molecule has 1 N–H and O–H groups in total. The van der Waals surface area contributed by atoms with Gasteiger partial charge in [0.15, 0.2) is 0 Å². The number of ether oxygens (including phenoxy) is 2. The molecule has 0 aliphatic carbocycles. The first-order valence-electron chi connectivity index (χ1n) is 9.05. The third kappa shape index (κ3) is 5.30. The van der Waals surface area contributed by atoms with E-state index in [1.165, 1.54) is 12.1 Å². The molecule has 144 valence electrons. The molecule has 2 atom stereocenters. The first kappa shape index (κ1) is 19.8. The third-order valence-electron chi connectivity index (χ3n) is 4.74. The van der Waals surface area contributed by atoms with Crippen LogP contribution in [0.3, 0.4) is 0 Å². The summed E-state index contributed by atoms with van der Waals surface area (Å²) in [5, 5.41) is 3.08. The van der Waals surface area contributed by atoms with E-state index < -0.39 is 0 Å². The number of hydrogen-bond donors (Lipinski definition) is 1. The molecule has 0 spiro atoms. The van der Waals surface area contributed by atoms with Gasteiger partial charge in [-0.3, -0.25) is 4.79 Å². The standard InChI is InChI=1S/C21H23BrFNO3/c1-26-18-10-4-14(13-17(18)22)5-11-20(25)24-21(19-3-2-12-27-19)15-6-8-16(23)9-7-15/h4,6-10,13,19,21H,2-3,5,11-12H2,1H3,(H,24,25)/t19-,21-/m0/s1. The van der Waals surface area contributed by atoms with Crippen LogP contribution in [0.2, 0.25) is 0 Å². The fourth-order valence-corrected chi connectivity index (χ4v) is 3.88. The number of benzene rings is 2. The quantitative estimate of drug-likeness (QED) is 0.692. The van der Waals surface area contributed by atoms with E-state index in [-0.39, 0.29) is 23.9 Å². The van der Waals surface area contributed by atoms with Crippen LogP contribution in [0.1, 0.15) is 36.4 Å². The average Bonchev–Trinajstić information content (AvgIpc) is 3.20. The Bertz CT molecular complexity index is 775. The molecule has 1 amide bonds. The second-order valence-electron chi connectivity index (χ2n) is 6.62. The summed E-state index contributed by atoms with van der Waals surface area (Å²) in [6, 6.07) is 11.8. The monoisotopic (exact) mass is 435 g/mol. The van der Waals surface area contributed by atoms with Crippen LogP contribution in [-0.2, 0) is 16.0 Å². The number of halogens is 2. The molecule has 0 unspecified atom stereocenters. The minimum absolute atomic E-state index is 0.0493. The molecule has 0 saturated carbocycles. The highest BCUT2D eigenvalue weighted by atomic mass is 79.9. The molecular weight excluding hydrogens is 413 g/mol. The van der Waals surface area contributed by atoms with Crippen molar-refractivity contribution in [2.45, 2.75) is 37.8 Å². The van der Waals surface area contributed by atoms with Gasteiger partial charge in [-0.2, -0.15) is 0 Å². The zero-order valence-corrected chi connectivity index (χ0v) is 16.8. The van der Waals surface area contributed by atoms with Crippen LogP contribution in [0.15, 0.2) is 46.9 Å². The van der Waals surface area contributed by atoms with Gasteiger partial charge < -0.3 is 14.8 Å². The van der Waals surface area contributed by atoms with Crippen molar-refractivity contribution in [3.8, 4) is 5.75 Å². The van der Waals surface area contributed by atoms with Gasteiger partial charge in [-0.15, -0.1) is 0 Å². The Morgan fingerprint density at radius 2 is 2.11 bits per heavy atom. The molecule has 1 saturated heterocycles. The first-order valence-corrected chi connectivity index (χ1v) is 9.85. The molecule has 4 nitrogen and oxygen atoms in total.